The van der Waals surface area contributed by atoms with Crippen molar-refractivity contribution in [3.8, 4) is 0 Å². The second-order valence-corrected chi connectivity index (χ2v) is 6.40. The van der Waals surface area contributed by atoms with Crippen molar-refractivity contribution in [2.24, 2.45) is 0 Å². The van der Waals surface area contributed by atoms with Crippen LogP contribution >= 0.6 is 0 Å². The fraction of sp³-hybridized carbons (Fsp3) is 1.00. The van der Waals surface area contributed by atoms with Crippen molar-refractivity contribution in [3.05, 3.63) is 0 Å². The van der Waals surface area contributed by atoms with Gasteiger partial charge in [-0.15, -0.1) is 0 Å². The first kappa shape index (κ1) is 12.9. The number of likely N-dealkylation sites (N-methyl/N-ethyl adjacent to an activating group) is 1. The largest absolute Gasteiger partial charge is 0.391 e. The zero-order valence-electron chi connectivity index (χ0n) is 9.52. The lowest BCUT2D eigenvalue weighted by Crippen LogP contribution is -2.46. The molecule has 15 heavy (non-hydrogen) atoms. The first-order valence-corrected chi connectivity index (χ1v) is 7.23. The normalized spacial score (nSPS) is 28.3. The summed E-state index contributed by atoms with van der Waals surface area (Å²) in [6.45, 7) is 1.85. The summed E-state index contributed by atoms with van der Waals surface area (Å²) in [5, 5.41) is 9.76. The van der Waals surface area contributed by atoms with Crippen molar-refractivity contribution in [1.82, 2.24) is 4.31 Å². The van der Waals surface area contributed by atoms with Gasteiger partial charge < -0.3 is 5.11 Å². The van der Waals surface area contributed by atoms with Gasteiger partial charge in [0.15, 0.2) is 0 Å². The Hall–Kier alpha value is -0.130. The molecule has 4 nitrogen and oxygen atoms in total. The van der Waals surface area contributed by atoms with Crippen molar-refractivity contribution in [2.75, 3.05) is 12.8 Å². The fourth-order valence-corrected chi connectivity index (χ4v) is 3.59. The van der Waals surface area contributed by atoms with E-state index < -0.39 is 16.1 Å². The first-order chi connectivity index (χ1) is 6.99. The minimum Gasteiger partial charge on any atom is -0.391 e. The van der Waals surface area contributed by atoms with Crippen LogP contribution < -0.4 is 0 Å². The molecule has 0 spiro atoms. The van der Waals surface area contributed by atoms with Gasteiger partial charge in [-0.25, -0.2) is 8.42 Å². The van der Waals surface area contributed by atoms with Crippen LogP contribution in [0.3, 0.4) is 0 Å². The van der Waals surface area contributed by atoms with E-state index in [0.717, 1.165) is 25.7 Å². The Kier molecular flexibility index (Phi) is 4.55. The Balaban J connectivity index is 2.69. The van der Waals surface area contributed by atoms with E-state index >= 15 is 0 Å². The van der Waals surface area contributed by atoms with Crippen molar-refractivity contribution >= 4 is 10.0 Å². The molecule has 0 aromatic carbocycles. The van der Waals surface area contributed by atoms with E-state index in [1.165, 1.54) is 4.31 Å². The minimum absolute atomic E-state index is 0.173. The Morgan fingerprint density at radius 2 is 1.93 bits per heavy atom. The summed E-state index contributed by atoms with van der Waals surface area (Å²) in [4.78, 5) is 0. The van der Waals surface area contributed by atoms with Crippen LogP contribution in [0, 0.1) is 0 Å². The zero-order chi connectivity index (χ0) is 11.5. The van der Waals surface area contributed by atoms with E-state index in [-0.39, 0.29) is 11.8 Å². The maximum atomic E-state index is 11.8. The molecule has 0 heterocycles. The summed E-state index contributed by atoms with van der Waals surface area (Å²) in [5.74, 6) is 0.173. The summed E-state index contributed by atoms with van der Waals surface area (Å²) in [7, 11) is -1.58. The van der Waals surface area contributed by atoms with Crippen LogP contribution in [0.4, 0.5) is 0 Å². The van der Waals surface area contributed by atoms with Crippen LogP contribution in [0.5, 0.6) is 0 Å². The third-order valence-electron chi connectivity index (χ3n) is 3.06. The van der Waals surface area contributed by atoms with Crippen molar-refractivity contribution in [3.63, 3.8) is 0 Å². The predicted octanol–water partition coefficient (Wildman–Crippen LogP) is 0.962. The van der Waals surface area contributed by atoms with Gasteiger partial charge in [-0.2, -0.15) is 4.31 Å². The maximum absolute atomic E-state index is 11.8. The second kappa shape index (κ2) is 5.27. The number of rotatable bonds is 4. The Labute approximate surface area is 92.3 Å². The molecule has 1 aliphatic rings. The van der Waals surface area contributed by atoms with Crippen LogP contribution in [0.1, 0.15) is 39.0 Å². The van der Waals surface area contributed by atoms with Crippen LogP contribution in [-0.4, -0.2) is 42.8 Å². The van der Waals surface area contributed by atoms with Gasteiger partial charge in [-0.05, 0) is 19.3 Å². The lowest BCUT2D eigenvalue weighted by atomic mass is 9.93. The lowest BCUT2D eigenvalue weighted by Gasteiger charge is -2.34. The average molecular weight is 235 g/mol. The third kappa shape index (κ3) is 3.16. The van der Waals surface area contributed by atoms with E-state index in [0.29, 0.717) is 6.42 Å². The van der Waals surface area contributed by atoms with Gasteiger partial charge in [0.1, 0.15) is 0 Å². The maximum Gasteiger partial charge on any atom is 0.214 e. The molecule has 0 amide bonds. The number of hydrogen-bond donors (Lipinski definition) is 1. The van der Waals surface area contributed by atoms with Crippen LogP contribution in [0.25, 0.3) is 0 Å². The number of nitrogens with zero attached hydrogens (tertiary/aromatic N) is 1. The van der Waals surface area contributed by atoms with E-state index in [1.54, 1.807) is 7.05 Å². The fourth-order valence-electron chi connectivity index (χ4n) is 2.12. The molecule has 0 aliphatic heterocycles. The highest BCUT2D eigenvalue weighted by Gasteiger charge is 2.32. The van der Waals surface area contributed by atoms with Gasteiger partial charge in [-0.1, -0.05) is 19.8 Å². The SMILES string of the molecule is CCCS(=O)(=O)N(C)C1CCCCC1O. The highest BCUT2D eigenvalue weighted by molar-refractivity contribution is 7.89. The molecule has 1 rings (SSSR count). The Bertz CT molecular complexity index is 289. The molecular formula is C10H21NO3S. The van der Waals surface area contributed by atoms with E-state index in [1.807, 2.05) is 6.92 Å². The molecule has 90 valence electrons. The highest BCUT2D eigenvalue weighted by atomic mass is 32.2. The van der Waals surface area contributed by atoms with E-state index in [4.69, 9.17) is 0 Å². The minimum atomic E-state index is -3.17. The zero-order valence-corrected chi connectivity index (χ0v) is 10.3. The predicted molar refractivity (Wildman–Crippen MR) is 60.1 cm³/mol. The first-order valence-electron chi connectivity index (χ1n) is 5.63. The summed E-state index contributed by atoms with van der Waals surface area (Å²) >= 11 is 0. The Morgan fingerprint density at radius 3 is 2.47 bits per heavy atom. The van der Waals surface area contributed by atoms with Gasteiger partial charge in [-0.3, -0.25) is 0 Å². The molecule has 1 N–H and O–H groups in total. The average Bonchev–Trinajstić information content (AvgIpc) is 2.17. The number of hydrogen-bond acceptors (Lipinski definition) is 3. The quantitative estimate of drug-likeness (QED) is 0.789. The van der Waals surface area contributed by atoms with Crippen LogP contribution in [0.15, 0.2) is 0 Å². The highest BCUT2D eigenvalue weighted by Crippen LogP contribution is 2.24. The second-order valence-electron chi connectivity index (χ2n) is 4.25. The molecule has 2 unspecified atom stereocenters. The van der Waals surface area contributed by atoms with Crippen molar-refractivity contribution < 1.29 is 13.5 Å². The molecule has 0 saturated heterocycles. The molecule has 1 aliphatic carbocycles. The smallest absolute Gasteiger partial charge is 0.214 e. The monoisotopic (exact) mass is 235 g/mol. The molecule has 0 aromatic rings. The lowest BCUT2D eigenvalue weighted by molar-refractivity contribution is 0.0638. The summed E-state index contributed by atoms with van der Waals surface area (Å²) in [6.07, 6.45) is 3.63. The molecule has 0 radical (unpaired) electrons. The topological polar surface area (TPSA) is 57.6 Å². The Morgan fingerprint density at radius 1 is 1.33 bits per heavy atom. The van der Waals surface area contributed by atoms with Gasteiger partial charge >= 0.3 is 0 Å². The van der Waals surface area contributed by atoms with Gasteiger partial charge in [0.2, 0.25) is 10.0 Å². The third-order valence-corrected chi connectivity index (χ3v) is 5.13. The number of aliphatic hydroxyl groups excluding tert-OH is 1. The molecule has 0 bridgehead atoms. The van der Waals surface area contributed by atoms with Crippen molar-refractivity contribution in [2.45, 2.75) is 51.2 Å². The van der Waals surface area contributed by atoms with E-state index in [2.05, 4.69) is 0 Å². The van der Waals surface area contributed by atoms with Crippen molar-refractivity contribution in [1.29, 1.82) is 0 Å². The summed E-state index contributed by atoms with van der Waals surface area (Å²) < 4.78 is 25.0. The van der Waals surface area contributed by atoms with E-state index in [9.17, 15) is 13.5 Å². The van der Waals surface area contributed by atoms with Gasteiger partial charge in [0, 0.05) is 7.05 Å². The molecule has 2 atom stereocenters. The molecule has 5 heteroatoms. The molecular weight excluding hydrogens is 214 g/mol. The molecule has 1 saturated carbocycles. The molecule has 0 aromatic heterocycles. The summed E-state index contributed by atoms with van der Waals surface area (Å²) in [6, 6.07) is -0.213. The van der Waals surface area contributed by atoms with Gasteiger partial charge in [0.25, 0.3) is 0 Å². The standard InChI is InChI=1S/C10H21NO3S/c1-3-8-15(13,14)11(2)9-6-4-5-7-10(9)12/h9-10,12H,3-8H2,1-2H3. The molecule has 1 fully saturated rings. The van der Waals surface area contributed by atoms with Gasteiger partial charge in [0.05, 0.1) is 17.9 Å². The van der Waals surface area contributed by atoms with Crippen LogP contribution in [0.2, 0.25) is 0 Å². The number of sulfonamides is 1. The summed E-state index contributed by atoms with van der Waals surface area (Å²) in [5.41, 5.74) is 0. The van der Waals surface area contributed by atoms with Crippen LogP contribution in [-0.2, 0) is 10.0 Å². The number of aliphatic hydroxyl groups is 1.